The Morgan fingerprint density at radius 2 is 1.82 bits per heavy atom. The summed E-state index contributed by atoms with van der Waals surface area (Å²) in [5.41, 5.74) is 0.239. The second-order valence-electron chi connectivity index (χ2n) is 5.36. The molecule has 0 aliphatic rings. The zero-order chi connectivity index (χ0) is 13.3. The maximum absolute atomic E-state index is 11.4. The van der Waals surface area contributed by atoms with Gasteiger partial charge in [0.05, 0.1) is 0 Å². The Bertz CT molecular complexity index is 249. The molecular weight excluding hydrogens is 236 g/mol. The minimum atomic E-state index is -0.886. The van der Waals surface area contributed by atoms with E-state index in [9.17, 15) is 9.00 Å². The second-order valence-corrected chi connectivity index (χ2v) is 7.06. The molecule has 0 rings (SSSR count). The molecule has 2 N–H and O–H groups in total. The van der Waals surface area contributed by atoms with E-state index in [1.54, 1.807) is 0 Å². The molecule has 0 fully saturated rings. The molecule has 0 aliphatic heterocycles. The molecule has 1 atom stereocenters. The van der Waals surface area contributed by atoms with Gasteiger partial charge < -0.3 is 10.6 Å². The van der Waals surface area contributed by atoms with Crippen LogP contribution in [0.25, 0.3) is 0 Å². The molecule has 4 nitrogen and oxygen atoms in total. The first-order valence-electron chi connectivity index (χ1n) is 6.11. The van der Waals surface area contributed by atoms with Crippen molar-refractivity contribution in [2.45, 2.75) is 33.6 Å². The van der Waals surface area contributed by atoms with E-state index in [2.05, 4.69) is 31.4 Å². The monoisotopic (exact) mass is 262 g/mol. The van der Waals surface area contributed by atoms with E-state index < -0.39 is 10.8 Å². The molecule has 102 valence electrons. The number of nitrogens with one attached hydrogen (secondary N) is 2. The molecular formula is C12H26N2O2S. The van der Waals surface area contributed by atoms with Gasteiger partial charge in [0.25, 0.3) is 0 Å². The highest BCUT2D eigenvalue weighted by molar-refractivity contribution is 7.85. The van der Waals surface area contributed by atoms with E-state index in [4.69, 9.17) is 0 Å². The van der Waals surface area contributed by atoms with Gasteiger partial charge in [0.15, 0.2) is 0 Å². The van der Waals surface area contributed by atoms with E-state index >= 15 is 0 Å². The van der Waals surface area contributed by atoms with Crippen LogP contribution in [0.3, 0.4) is 0 Å². The number of rotatable bonds is 8. The third kappa shape index (κ3) is 11.8. The van der Waals surface area contributed by atoms with Gasteiger partial charge in [-0.1, -0.05) is 20.8 Å². The van der Waals surface area contributed by atoms with Crippen molar-refractivity contribution in [1.82, 2.24) is 10.6 Å². The summed E-state index contributed by atoms with van der Waals surface area (Å²) in [5, 5.41) is 5.81. The van der Waals surface area contributed by atoms with Crippen molar-refractivity contribution in [1.29, 1.82) is 0 Å². The van der Waals surface area contributed by atoms with Crippen LogP contribution in [-0.2, 0) is 15.6 Å². The Morgan fingerprint density at radius 3 is 2.35 bits per heavy atom. The van der Waals surface area contributed by atoms with Crippen molar-refractivity contribution >= 4 is 16.7 Å². The van der Waals surface area contributed by atoms with Crippen molar-refractivity contribution in [3.63, 3.8) is 0 Å². The molecule has 0 radical (unpaired) electrons. The zero-order valence-electron chi connectivity index (χ0n) is 11.5. The van der Waals surface area contributed by atoms with E-state index in [0.717, 1.165) is 13.0 Å². The highest BCUT2D eigenvalue weighted by atomic mass is 32.2. The largest absolute Gasteiger partial charge is 0.356 e. The SMILES string of the molecule is CNCCS(=O)CCC(=O)NCCC(C)(C)C. The van der Waals surface area contributed by atoms with Gasteiger partial charge in [0.1, 0.15) is 0 Å². The van der Waals surface area contributed by atoms with Crippen LogP contribution in [0.2, 0.25) is 0 Å². The topological polar surface area (TPSA) is 58.2 Å². The Morgan fingerprint density at radius 1 is 1.18 bits per heavy atom. The lowest BCUT2D eigenvalue weighted by Crippen LogP contribution is -2.28. The van der Waals surface area contributed by atoms with Crippen molar-refractivity contribution in [2.24, 2.45) is 5.41 Å². The summed E-state index contributed by atoms with van der Waals surface area (Å²) in [6, 6.07) is 0. The first kappa shape index (κ1) is 16.6. The zero-order valence-corrected chi connectivity index (χ0v) is 12.3. The van der Waals surface area contributed by atoms with Gasteiger partial charge in [-0.05, 0) is 18.9 Å². The van der Waals surface area contributed by atoms with Gasteiger partial charge in [-0.15, -0.1) is 0 Å². The Hall–Kier alpha value is -0.420. The van der Waals surface area contributed by atoms with E-state index in [0.29, 0.717) is 24.5 Å². The fraction of sp³-hybridized carbons (Fsp3) is 0.917. The summed E-state index contributed by atoms with van der Waals surface area (Å²) in [5.74, 6) is 1.08. The van der Waals surface area contributed by atoms with E-state index in [-0.39, 0.29) is 11.3 Å². The minimum Gasteiger partial charge on any atom is -0.356 e. The van der Waals surface area contributed by atoms with Crippen molar-refractivity contribution in [3.8, 4) is 0 Å². The fourth-order valence-electron chi connectivity index (χ4n) is 1.19. The molecule has 0 aromatic carbocycles. The average Bonchev–Trinajstić information content (AvgIpc) is 2.21. The van der Waals surface area contributed by atoms with Crippen LogP contribution in [-0.4, -0.2) is 41.8 Å². The van der Waals surface area contributed by atoms with Gasteiger partial charge >= 0.3 is 0 Å². The van der Waals surface area contributed by atoms with Gasteiger partial charge in [-0.25, -0.2) is 0 Å². The van der Waals surface area contributed by atoms with Gasteiger partial charge in [0.2, 0.25) is 5.91 Å². The molecule has 0 aromatic heterocycles. The first-order chi connectivity index (χ1) is 7.85. The predicted molar refractivity (Wildman–Crippen MR) is 73.5 cm³/mol. The van der Waals surface area contributed by atoms with Crippen LogP contribution in [0.1, 0.15) is 33.6 Å². The summed E-state index contributed by atoms with van der Waals surface area (Å²) in [4.78, 5) is 11.4. The highest BCUT2D eigenvalue weighted by Crippen LogP contribution is 2.16. The van der Waals surface area contributed by atoms with Crippen LogP contribution in [0, 0.1) is 5.41 Å². The van der Waals surface area contributed by atoms with Crippen LogP contribution < -0.4 is 10.6 Å². The standard InChI is InChI=1S/C12H26N2O2S/c1-12(2,3)6-7-14-11(15)5-9-17(16)10-8-13-4/h13H,5-10H2,1-4H3,(H,14,15). The van der Waals surface area contributed by atoms with Crippen LogP contribution in [0.5, 0.6) is 0 Å². The third-order valence-corrected chi connectivity index (χ3v) is 3.65. The summed E-state index contributed by atoms with van der Waals surface area (Å²) in [7, 11) is 0.943. The second kappa shape index (κ2) is 8.64. The van der Waals surface area contributed by atoms with Crippen LogP contribution >= 0.6 is 0 Å². The third-order valence-electron chi connectivity index (χ3n) is 2.33. The predicted octanol–water partition coefficient (Wildman–Crippen LogP) is 0.897. The average molecular weight is 262 g/mol. The quantitative estimate of drug-likeness (QED) is 0.683. The van der Waals surface area contributed by atoms with E-state index in [1.165, 1.54) is 0 Å². The number of hydrogen-bond acceptors (Lipinski definition) is 3. The molecule has 0 saturated carbocycles. The molecule has 5 heteroatoms. The smallest absolute Gasteiger partial charge is 0.220 e. The lowest BCUT2D eigenvalue weighted by molar-refractivity contribution is -0.120. The van der Waals surface area contributed by atoms with Crippen molar-refractivity contribution in [2.75, 3.05) is 31.6 Å². The minimum absolute atomic E-state index is 0.00653. The molecule has 0 heterocycles. The highest BCUT2D eigenvalue weighted by Gasteiger charge is 2.10. The number of carbonyl (C=O) groups is 1. The lowest BCUT2D eigenvalue weighted by atomic mass is 9.92. The van der Waals surface area contributed by atoms with Crippen molar-refractivity contribution in [3.05, 3.63) is 0 Å². The summed E-state index contributed by atoms with van der Waals surface area (Å²) in [6.45, 7) is 7.87. The van der Waals surface area contributed by atoms with Crippen LogP contribution in [0.15, 0.2) is 0 Å². The fourth-order valence-corrected chi connectivity index (χ4v) is 2.24. The molecule has 1 amide bonds. The molecule has 0 bridgehead atoms. The Balaban J connectivity index is 3.56. The molecule has 1 unspecified atom stereocenters. The molecule has 0 saturated heterocycles. The summed E-state index contributed by atoms with van der Waals surface area (Å²) < 4.78 is 11.4. The number of amides is 1. The lowest BCUT2D eigenvalue weighted by Gasteiger charge is -2.17. The molecule has 0 aromatic rings. The number of carbonyl (C=O) groups excluding carboxylic acids is 1. The maximum Gasteiger partial charge on any atom is 0.220 e. The van der Waals surface area contributed by atoms with Gasteiger partial charge in [-0.3, -0.25) is 9.00 Å². The Labute approximate surface area is 107 Å². The maximum atomic E-state index is 11.4. The molecule has 17 heavy (non-hydrogen) atoms. The molecule has 0 spiro atoms. The Kier molecular flexibility index (Phi) is 8.43. The van der Waals surface area contributed by atoms with Gasteiger partial charge in [0, 0.05) is 41.8 Å². The van der Waals surface area contributed by atoms with Gasteiger partial charge in [-0.2, -0.15) is 0 Å². The van der Waals surface area contributed by atoms with E-state index in [1.807, 2.05) is 7.05 Å². The normalized spacial score (nSPS) is 13.4. The summed E-state index contributed by atoms with van der Waals surface area (Å²) >= 11 is 0. The molecule has 0 aliphatic carbocycles. The number of hydrogen-bond donors (Lipinski definition) is 2. The van der Waals surface area contributed by atoms with Crippen LogP contribution in [0.4, 0.5) is 0 Å². The van der Waals surface area contributed by atoms with Crippen molar-refractivity contribution < 1.29 is 9.00 Å². The first-order valence-corrected chi connectivity index (χ1v) is 7.60. The summed E-state index contributed by atoms with van der Waals surface area (Å²) in [6.07, 6.45) is 1.32.